The molecule has 0 saturated carbocycles. The van der Waals surface area contributed by atoms with Gasteiger partial charge in [-0.3, -0.25) is 4.68 Å². The maximum atomic E-state index is 12.2. The first kappa shape index (κ1) is 15.9. The first-order valence-corrected chi connectivity index (χ1v) is 8.38. The molecule has 2 aromatic rings. The van der Waals surface area contributed by atoms with Crippen LogP contribution in [0.4, 0.5) is 0 Å². The molecule has 21 heavy (non-hydrogen) atoms. The van der Waals surface area contributed by atoms with Crippen molar-refractivity contribution >= 4 is 26.0 Å². The van der Waals surface area contributed by atoms with Crippen LogP contribution in [0.15, 0.2) is 33.9 Å². The highest BCUT2D eigenvalue weighted by Crippen LogP contribution is 2.27. The van der Waals surface area contributed by atoms with Crippen LogP contribution in [-0.2, 0) is 23.5 Å². The second-order valence-corrected chi connectivity index (χ2v) is 6.90. The van der Waals surface area contributed by atoms with Crippen molar-refractivity contribution < 1.29 is 13.2 Å². The Morgan fingerprint density at radius 1 is 1.43 bits per heavy atom. The van der Waals surface area contributed by atoms with Crippen LogP contribution >= 0.6 is 15.9 Å². The molecule has 1 aromatic carbocycles. The molecule has 0 radical (unpaired) electrons. The fourth-order valence-electron chi connectivity index (χ4n) is 1.69. The van der Waals surface area contributed by atoms with E-state index in [4.69, 9.17) is 4.74 Å². The van der Waals surface area contributed by atoms with Crippen LogP contribution in [0.3, 0.4) is 0 Å². The minimum atomic E-state index is -3.57. The SMILES string of the molecule is COc1ccc(S(=O)(=O)NCCc2ncn(C)n2)cc1Br. The summed E-state index contributed by atoms with van der Waals surface area (Å²) in [6, 6.07) is 4.59. The lowest BCUT2D eigenvalue weighted by atomic mass is 10.3. The second kappa shape index (κ2) is 6.54. The van der Waals surface area contributed by atoms with Crippen LogP contribution in [0.2, 0.25) is 0 Å². The third-order valence-corrected chi connectivity index (χ3v) is 4.80. The Kier molecular flexibility index (Phi) is 4.96. The number of benzene rings is 1. The van der Waals surface area contributed by atoms with Crippen LogP contribution in [0.5, 0.6) is 5.75 Å². The van der Waals surface area contributed by atoms with Gasteiger partial charge < -0.3 is 4.74 Å². The Balaban J connectivity index is 2.02. The summed E-state index contributed by atoms with van der Waals surface area (Å²) in [5, 5.41) is 4.09. The summed E-state index contributed by atoms with van der Waals surface area (Å²) in [7, 11) is -0.289. The van der Waals surface area contributed by atoms with Gasteiger partial charge in [-0.2, -0.15) is 5.10 Å². The zero-order valence-corrected chi connectivity index (χ0v) is 14.0. The Bertz CT molecular complexity index is 730. The third-order valence-electron chi connectivity index (χ3n) is 2.72. The Morgan fingerprint density at radius 2 is 2.19 bits per heavy atom. The van der Waals surface area contributed by atoms with Gasteiger partial charge in [-0.25, -0.2) is 18.1 Å². The van der Waals surface area contributed by atoms with E-state index in [0.29, 0.717) is 22.5 Å². The summed E-state index contributed by atoms with van der Waals surface area (Å²) in [4.78, 5) is 4.21. The number of halogens is 1. The molecule has 7 nitrogen and oxygen atoms in total. The smallest absolute Gasteiger partial charge is 0.240 e. The van der Waals surface area contributed by atoms with Gasteiger partial charge in [0.15, 0.2) is 5.82 Å². The van der Waals surface area contributed by atoms with Crippen LogP contribution in [0.1, 0.15) is 5.82 Å². The van der Waals surface area contributed by atoms with Crippen molar-refractivity contribution in [2.45, 2.75) is 11.3 Å². The van der Waals surface area contributed by atoms with E-state index < -0.39 is 10.0 Å². The summed E-state index contributed by atoms with van der Waals surface area (Å²) in [5.74, 6) is 1.17. The summed E-state index contributed by atoms with van der Waals surface area (Å²) >= 11 is 3.27. The topological polar surface area (TPSA) is 86.1 Å². The molecule has 1 N–H and O–H groups in total. The van der Waals surface area contributed by atoms with Crippen molar-refractivity contribution in [3.63, 3.8) is 0 Å². The molecule has 0 fully saturated rings. The van der Waals surface area contributed by atoms with E-state index in [0.717, 1.165) is 0 Å². The van der Waals surface area contributed by atoms with E-state index in [1.54, 1.807) is 24.1 Å². The summed E-state index contributed by atoms with van der Waals surface area (Å²) in [6.07, 6.45) is 2.00. The molecule has 0 aliphatic heterocycles. The van der Waals surface area contributed by atoms with Gasteiger partial charge in [0.25, 0.3) is 0 Å². The Hall–Kier alpha value is -1.45. The number of rotatable bonds is 6. The quantitative estimate of drug-likeness (QED) is 0.818. The normalized spacial score (nSPS) is 11.6. The Morgan fingerprint density at radius 3 is 2.76 bits per heavy atom. The standard InChI is InChI=1S/C12H15BrN4O3S/c1-17-8-14-12(16-17)5-6-15-21(18,19)9-3-4-11(20-2)10(13)7-9/h3-4,7-8,15H,5-6H2,1-2H3. The molecule has 0 aliphatic rings. The molecule has 1 aromatic heterocycles. The first-order chi connectivity index (χ1) is 9.92. The van der Waals surface area contributed by atoms with E-state index in [2.05, 4.69) is 30.7 Å². The van der Waals surface area contributed by atoms with Crippen molar-refractivity contribution in [2.75, 3.05) is 13.7 Å². The minimum Gasteiger partial charge on any atom is -0.496 e. The molecule has 0 bridgehead atoms. The molecule has 114 valence electrons. The molecular weight excluding hydrogens is 360 g/mol. The molecule has 0 spiro atoms. The summed E-state index contributed by atoms with van der Waals surface area (Å²) in [5.41, 5.74) is 0. The van der Waals surface area contributed by atoms with Crippen molar-refractivity contribution in [3.8, 4) is 5.75 Å². The lowest BCUT2D eigenvalue weighted by molar-refractivity contribution is 0.411. The zero-order valence-electron chi connectivity index (χ0n) is 11.6. The van der Waals surface area contributed by atoms with Gasteiger partial charge in [0, 0.05) is 20.0 Å². The van der Waals surface area contributed by atoms with Crippen LogP contribution in [-0.4, -0.2) is 36.8 Å². The molecule has 1 heterocycles. The molecular formula is C12H15BrN4O3S. The van der Waals surface area contributed by atoms with Gasteiger partial charge in [-0.05, 0) is 34.1 Å². The maximum absolute atomic E-state index is 12.2. The van der Waals surface area contributed by atoms with Crippen molar-refractivity contribution in [1.29, 1.82) is 0 Å². The predicted octanol–water partition coefficient (Wildman–Crippen LogP) is 1.11. The van der Waals surface area contributed by atoms with Gasteiger partial charge in [0.1, 0.15) is 12.1 Å². The number of aryl methyl sites for hydroxylation is 1. The fraction of sp³-hybridized carbons (Fsp3) is 0.333. The number of aromatic nitrogens is 3. The van der Waals surface area contributed by atoms with Gasteiger partial charge in [-0.15, -0.1) is 0 Å². The van der Waals surface area contributed by atoms with Crippen molar-refractivity contribution in [2.24, 2.45) is 7.05 Å². The van der Waals surface area contributed by atoms with Crippen LogP contribution in [0.25, 0.3) is 0 Å². The third kappa shape index (κ3) is 4.02. The van der Waals surface area contributed by atoms with Gasteiger partial charge in [-0.1, -0.05) is 0 Å². The van der Waals surface area contributed by atoms with Crippen molar-refractivity contribution in [1.82, 2.24) is 19.5 Å². The van der Waals surface area contributed by atoms with E-state index in [9.17, 15) is 8.42 Å². The van der Waals surface area contributed by atoms with E-state index in [1.807, 2.05) is 0 Å². The average Bonchev–Trinajstić information content (AvgIpc) is 2.84. The van der Waals surface area contributed by atoms with Gasteiger partial charge in [0.05, 0.1) is 16.5 Å². The molecule has 0 amide bonds. The fourth-order valence-corrected chi connectivity index (χ4v) is 3.44. The molecule has 9 heteroatoms. The highest BCUT2D eigenvalue weighted by molar-refractivity contribution is 9.10. The average molecular weight is 375 g/mol. The largest absolute Gasteiger partial charge is 0.496 e. The van der Waals surface area contributed by atoms with E-state index >= 15 is 0 Å². The van der Waals surface area contributed by atoms with Gasteiger partial charge in [0.2, 0.25) is 10.0 Å². The molecule has 0 atom stereocenters. The number of hydrogen-bond donors (Lipinski definition) is 1. The zero-order chi connectivity index (χ0) is 15.5. The maximum Gasteiger partial charge on any atom is 0.240 e. The highest BCUT2D eigenvalue weighted by Gasteiger charge is 2.15. The summed E-state index contributed by atoms with van der Waals surface area (Å²) in [6.45, 7) is 0.232. The predicted molar refractivity (Wildman–Crippen MR) is 80.6 cm³/mol. The molecule has 0 aliphatic carbocycles. The van der Waals surface area contributed by atoms with Crippen LogP contribution in [0, 0.1) is 0 Å². The Labute approximate surface area is 131 Å². The lowest BCUT2D eigenvalue weighted by Gasteiger charge is -2.08. The van der Waals surface area contributed by atoms with Gasteiger partial charge >= 0.3 is 0 Å². The number of ether oxygens (including phenoxy) is 1. The number of sulfonamides is 1. The summed E-state index contributed by atoms with van der Waals surface area (Å²) < 4.78 is 34.1. The van der Waals surface area contributed by atoms with E-state index in [1.165, 1.54) is 19.2 Å². The lowest BCUT2D eigenvalue weighted by Crippen LogP contribution is -2.26. The second-order valence-electron chi connectivity index (χ2n) is 4.28. The number of nitrogens with one attached hydrogen (secondary N) is 1. The number of nitrogens with zero attached hydrogens (tertiary/aromatic N) is 3. The highest BCUT2D eigenvalue weighted by atomic mass is 79.9. The first-order valence-electron chi connectivity index (χ1n) is 6.10. The van der Waals surface area contributed by atoms with Crippen molar-refractivity contribution in [3.05, 3.63) is 34.8 Å². The van der Waals surface area contributed by atoms with E-state index in [-0.39, 0.29) is 11.4 Å². The number of hydrogen-bond acceptors (Lipinski definition) is 5. The molecule has 0 saturated heterocycles. The van der Waals surface area contributed by atoms with Crippen LogP contribution < -0.4 is 9.46 Å². The molecule has 0 unspecified atom stereocenters. The monoisotopic (exact) mass is 374 g/mol. The molecule has 2 rings (SSSR count). The number of methoxy groups -OCH3 is 1. The minimum absolute atomic E-state index is 0.171.